The van der Waals surface area contributed by atoms with E-state index in [-0.39, 0.29) is 18.0 Å². The van der Waals surface area contributed by atoms with Crippen LogP contribution < -0.4 is 14.2 Å². The van der Waals surface area contributed by atoms with Gasteiger partial charge in [0.05, 0.1) is 17.8 Å². The first-order chi connectivity index (χ1) is 13.4. The third kappa shape index (κ3) is 6.31. The summed E-state index contributed by atoms with van der Waals surface area (Å²) in [5.41, 5.74) is 1.33. The quantitative estimate of drug-likeness (QED) is 0.300. The largest absolute Gasteiger partial charge is 0.490 e. The van der Waals surface area contributed by atoms with Crippen LogP contribution in [-0.4, -0.2) is 24.6 Å². The van der Waals surface area contributed by atoms with Gasteiger partial charge >= 0.3 is 0 Å². The third-order valence-corrected chi connectivity index (χ3v) is 3.66. The van der Waals surface area contributed by atoms with Crippen LogP contribution >= 0.6 is 0 Å². The Morgan fingerprint density at radius 2 is 1.54 bits per heavy atom. The minimum atomic E-state index is -0.106. The molecule has 0 saturated carbocycles. The first-order valence-corrected chi connectivity index (χ1v) is 9.43. The van der Waals surface area contributed by atoms with Gasteiger partial charge < -0.3 is 14.2 Å². The van der Waals surface area contributed by atoms with Crippen LogP contribution in [0.25, 0.3) is 6.08 Å². The highest BCUT2D eigenvalue weighted by Gasteiger charge is 2.12. The maximum atomic E-state index is 12.6. The zero-order valence-corrected chi connectivity index (χ0v) is 17.0. The van der Waals surface area contributed by atoms with Crippen molar-refractivity contribution in [2.45, 2.75) is 39.9 Å². The second-order valence-electron chi connectivity index (χ2n) is 6.82. The van der Waals surface area contributed by atoms with E-state index in [2.05, 4.69) is 6.58 Å². The lowest BCUT2D eigenvalue weighted by Gasteiger charge is -2.17. The first kappa shape index (κ1) is 21.3. The minimum absolute atomic E-state index is 0.0141. The van der Waals surface area contributed by atoms with Crippen molar-refractivity contribution in [3.05, 3.63) is 72.3 Å². The number of allylic oxidation sites excluding steroid dienone is 1. The summed E-state index contributed by atoms with van der Waals surface area (Å²) in [7, 11) is 0. The molecule has 0 radical (unpaired) electrons. The van der Waals surface area contributed by atoms with Crippen LogP contribution in [0.3, 0.4) is 0 Å². The molecule has 0 unspecified atom stereocenters. The van der Waals surface area contributed by atoms with Gasteiger partial charge in [0.2, 0.25) is 0 Å². The number of hydrogen-bond donors (Lipinski definition) is 0. The van der Waals surface area contributed by atoms with E-state index in [0.29, 0.717) is 29.4 Å². The minimum Gasteiger partial charge on any atom is -0.490 e. The molecule has 4 nitrogen and oxygen atoms in total. The number of carbonyl (C=O) groups excluding carboxylic acids is 1. The molecule has 0 aliphatic heterocycles. The van der Waals surface area contributed by atoms with E-state index in [1.165, 1.54) is 6.08 Å². The normalized spacial score (nSPS) is 11.1. The molecule has 0 saturated heterocycles. The van der Waals surface area contributed by atoms with E-state index in [1.807, 2.05) is 45.9 Å². The van der Waals surface area contributed by atoms with Crippen molar-refractivity contribution >= 4 is 11.9 Å². The average Bonchev–Trinajstić information content (AvgIpc) is 2.65. The fourth-order valence-electron chi connectivity index (χ4n) is 2.53. The average molecular weight is 380 g/mol. The topological polar surface area (TPSA) is 44.8 Å². The number of hydrogen-bond acceptors (Lipinski definition) is 4. The molecule has 4 heteroatoms. The number of ether oxygens (including phenoxy) is 3. The van der Waals surface area contributed by atoms with Gasteiger partial charge in [-0.15, -0.1) is 0 Å². The molecule has 0 spiro atoms. The van der Waals surface area contributed by atoms with Crippen molar-refractivity contribution in [2.75, 3.05) is 6.61 Å². The van der Waals surface area contributed by atoms with Crippen LogP contribution in [-0.2, 0) is 0 Å². The highest BCUT2D eigenvalue weighted by atomic mass is 16.5. The van der Waals surface area contributed by atoms with E-state index < -0.39 is 0 Å². The van der Waals surface area contributed by atoms with Crippen LogP contribution in [0.1, 0.15) is 43.6 Å². The molecule has 2 aromatic carbocycles. The monoisotopic (exact) mass is 380 g/mol. The van der Waals surface area contributed by atoms with Gasteiger partial charge in [-0.3, -0.25) is 4.79 Å². The molecule has 0 aliphatic carbocycles. The van der Waals surface area contributed by atoms with Gasteiger partial charge in [0.15, 0.2) is 5.78 Å². The van der Waals surface area contributed by atoms with Crippen molar-refractivity contribution in [3.8, 4) is 17.2 Å². The van der Waals surface area contributed by atoms with Gasteiger partial charge in [0.1, 0.15) is 23.9 Å². The van der Waals surface area contributed by atoms with Gasteiger partial charge in [-0.05, 0) is 76.2 Å². The Balaban J connectivity index is 2.25. The van der Waals surface area contributed by atoms with Crippen molar-refractivity contribution < 1.29 is 19.0 Å². The summed E-state index contributed by atoms with van der Waals surface area (Å²) in [6, 6.07) is 12.7. The molecule has 0 heterocycles. The smallest absolute Gasteiger partial charge is 0.185 e. The molecule has 0 bridgehead atoms. The van der Waals surface area contributed by atoms with Crippen LogP contribution in [0.2, 0.25) is 0 Å². The lowest BCUT2D eigenvalue weighted by atomic mass is 10.1. The van der Waals surface area contributed by atoms with Gasteiger partial charge in [-0.2, -0.15) is 0 Å². The second kappa shape index (κ2) is 10.4. The fraction of sp³-hybridized carbons (Fsp3) is 0.292. The molecule has 0 amide bonds. The third-order valence-electron chi connectivity index (χ3n) is 3.66. The van der Waals surface area contributed by atoms with E-state index in [4.69, 9.17) is 14.2 Å². The molecule has 0 aromatic heterocycles. The Bertz CT molecular complexity index is 789. The fourth-order valence-corrected chi connectivity index (χ4v) is 2.53. The molecule has 0 aliphatic rings. The summed E-state index contributed by atoms with van der Waals surface area (Å²) in [6.45, 7) is 11.9. The predicted molar refractivity (Wildman–Crippen MR) is 113 cm³/mol. The maximum absolute atomic E-state index is 12.6. The highest BCUT2D eigenvalue weighted by Crippen LogP contribution is 2.31. The standard InChI is InChI=1S/C24H28O4/c1-6-16-26-20-12-10-19(11-13-20)22(25)15-14-21-23(27-17(2)3)8-7-9-24(21)28-18(4)5/h6-15,17-18H,1,16H2,2-5H3. The Morgan fingerprint density at radius 1 is 0.964 bits per heavy atom. The molecule has 0 N–H and O–H groups in total. The first-order valence-electron chi connectivity index (χ1n) is 9.43. The van der Waals surface area contributed by atoms with Gasteiger partial charge in [-0.1, -0.05) is 18.7 Å². The Labute approximate surface area is 167 Å². The summed E-state index contributed by atoms with van der Waals surface area (Å²) in [6.07, 6.45) is 4.99. The van der Waals surface area contributed by atoms with Gasteiger partial charge in [0.25, 0.3) is 0 Å². The molecular formula is C24H28O4. The molecule has 2 aromatic rings. The van der Waals surface area contributed by atoms with Crippen molar-refractivity contribution in [1.82, 2.24) is 0 Å². The SMILES string of the molecule is C=CCOc1ccc(C(=O)C=Cc2c(OC(C)C)cccc2OC(C)C)cc1. The lowest BCUT2D eigenvalue weighted by Crippen LogP contribution is -2.10. The van der Waals surface area contributed by atoms with Gasteiger partial charge in [-0.25, -0.2) is 0 Å². The van der Waals surface area contributed by atoms with Crippen LogP contribution in [0.5, 0.6) is 17.2 Å². The van der Waals surface area contributed by atoms with E-state index >= 15 is 0 Å². The second-order valence-corrected chi connectivity index (χ2v) is 6.82. The van der Waals surface area contributed by atoms with Crippen molar-refractivity contribution in [3.63, 3.8) is 0 Å². The molecule has 148 valence electrons. The summed E-state index contributed by atoms with van der Waals surface area (Å²) in [4.78, 5) is 12.6. The summed E-state index contributed by atoms with van der Waals surface area (Å²) in [5, 5.41) is 0. The highest BCUT2D eigenvalue weighted by molar-refractivity contribution is 6.07. The van der Waals surface area contributed by atoms with Crippen LogP contribution in [0.4, 0.5) is 0 Å². The summed E-state index contributed by atoms with van der Waals surface area (Å²) in [5.74, 6) is 1.96. The number of ketones is 1. The lowest BCUT2D eigenvalue weighted by molar-refractivity contribution is 0.104. The number of benzene rings is 2. The van der Waals surface area contributed by atoms with E-state index in [9.17, 15) is 4.79 Å². The summed E-state index contributed by atoms with van der Waals surface area (Å²) >= 11 is 0. The van der Waals surface area contributed by atoms with Crippen molar-refractivity contribution in [1.29, 1.82) is 0 Å². The number of rotatable bonds is 10. The Kier molecular flexibility index (Phi) is 7.88. The molecule has 0 atom stereocenters. The maximum Gasteiger partial charge on any atom is 0.185 e. The van der Waals surface area contributed by atoms with Crippen LogP contribution in [0, 0.1) is 0 Å². The zero-order valence-electron chi connectivity index (χ0n) is 17.0. The van der Waals surface area contributed by atoms with Crippen molar-refractivity contribution in [2.24, 2.45) is 0 Å². The molecule has 28 heavy (non-hydrogen) atoms. The predicted octanol–water partition coefficient (Wildman–Crippen LogP) is 5.72. The Morgan fingerprint density at radius 3 is 2.04 bits per heavy atom. The summed E-state index contributed by atoms with van der Waals surface area (Å²) < 4.78 is 17.2. The molecule has 2 rings (SSSR count). The molecule has 0 fully saturated rings. The van der Waals surface area contributed by atoms with E-state index in [0.717, 1.165) is 5.56 Å². The zero-order chi connectivity index (χ0) is 20.5. The molecular weight excluding hydrogens is 352 g/mol. The number of carbonyl (C=O) groups is 1. The van der Waals surface area contributed by atoms with Gasteiger partial charge in [0, 0.05) is 5.56 Å². The Hall–Kier alpha value is -3.01. The van der Waals surface area contributed by atoms with Crippen LogP contribution in [0.15, 0.2) is 61.2 Å². The van der Waals surface area contributed by atoms with E-state index in [1.54, 1.807) is 36.4 Å².